The molecule has 2 aromatic carbocycles. The fraction of sp³-hybridized carbons (Fsp3) is 0.438. The number of nitrogens with one attached hydrogen (secondary N) is 1. The number of nitrogens with zero attached hydrogens (tertiary/aromatic N) is 5. The summed E-state index contributed by atoms with van der Waals surface area (Å²) in [5, 5.41) is 16.0. The van der Waals surface area contributed by atoms with Crippen LogP contribution in [0.25, 0.3) is 11.1 Å². The van der Waals surface area contributed by atoms with E-state index in [4.69, 9.17) is 4.74 Å². The number of piperazine rings is 1. The number of benzene rings is 2. The number of ether oxygens (including phenoxy) is 1. The minimum absolute atomic E-state index is 0.115. The summed E-state index contributed by atoms with van der Waals surface area (Å²) in [5.74, 6) is 0.414. The van der Waals surface area contributed by atoms with Crippen molar-refractivity contribution < 1.29 is 24.2 Å². The minimum Gasteiger partial charge on any atom is -0.478 e. The van der Waals surface area contributed by atoms with Gasteiger partial charge in [-0.2, -0.15) is 5.10 Å². The predicted octanol–water partition coefficient (Wildman–Crippen LogP) is 3.93. The smallest absolute Gasteiger partial charge is 0.407 e. The van der Waals surface area contributed by atoms with Crippen LogP contribution in [0.3, 0.4) is 0 Å². The zero-order valence-electron chi connectivity index (χ0n) is 25.0. The Labute approximate surface area is 252 Å². The fourth-order valence-corrected chi connectivity index (χ4v) is 5.85. The number of hydrogen-bond donors (Lipinski definition) is 2. The zero-order valence-corrected chi connectivity index (χ0v) is 25.0. The minimum atomic E-state index is -1.12. The Kier molecular flexibility index (Phi) is 8.89. The largest absolute Gasteiger partial charge is 0.478 e. The van der Waals surface area contributed by atoms with Gasteiger partial charge in [0.2, 0.25) is 5.91 Å². The molecule has 2 saturated heterocycles. The molecule has 3 heterocycles. The summed E-state index contributed by atoms with van der Waals surface area (Å²) in [7, 11) is 1.86. The van der Waals surface area contributed by atoms with E-state index in [1.165, 1.54) is 4.90 Å². The number of rotatable bonds is 8. The first-order valence-corrected chi connectivity index (χ1v) is 14.7. The quantitative estimate of drug-likeness (QED) is 0.409. The van der Waals surface area contributed by atoms with Gasteiger partial charge in [-0.3, -0.25) is 14.7 Å². The van der Waals surface area contributed by atoms with Gasteiger partial charge in [-0.25, -0.2) is 4.79 Å². The third kappa shape index (κ3) is 7.10. The highest BCUT2D eigenvalue weighted by molar-refractivity contribution is 5.85. The van der Waals surface area contributed by atoms with E-state index in [9.17, 15) is 19.5 Å². The molecular formula is C32H40N6O5. The van der Waals surface area contributed by atoms with Gasteiger partial charge in [0, 0.05) is 76.4 Å². The van der Waals surface area contributed by atoms with E-state index < -0.39 is 11.7 Å². The SMILES string of the molecule is CN(Cc1ccc(-c2cn[nH]c2)cc1)C(=O)[C@@H]1CCCN(c2cccc(OC(C)(C)C(=O)N3CCN(C(=O)O)CC3)c2)C1. The maximum absolute atomic E-state index is 13.5. The molecule has 3 aromatic rings. The molecule has 2 aliphatic heterocycles. The van der Waals surface area contributed by atoms with E-state index in [1.807, 2.05) is 66.7 Å². The summed E-state index contributed by atoms with van der Waals surface area (Å²) >= 11 is 0. The van der Waals surface area contributed by atoms with Crippen LogP contribution < -0.4 is 9.64 Å². The van der Waals surface area contributed by atoms with Crippen molar-refractivity contribution >= 4 is 23.6 Å². The van der Waals surface area contributed by atoms with Gasteiger partial charge < -0.3 is 29.4 Å². The summed E-state index contributed by atoms with van der Waals surface area (Å²) in [5.41, 5.74) is 3.00. The molecule has 228 valence electrons. The molecule has 3 amide bonds. The maximum Gasteiger partial charge on any atom is 0.407 e. The highest BCUT2D eigenvalue weighted by Gasteiger charge is 2.36. The Morgan fingerprint density at radius 1 is 1.02 bits per heavy atom. The second-order valence-electron chi connectivity index (χ2n) is 11.8. The molecule has 11 nitrogen and oxygen atoms in total. The molecule has 0 aliphatic carbocycles. The van der Waals surface area contributed by atoms with Gasteiger partial charge in [0.05, 0.1) is 12.1 Å². The standard InChI is InChI=1S/C32H40N6O5/c1-32(2,30(40)36-14-16-37(17-15-36)31(41)42)43-28-8-4-7-27(18-28)38-13-5-6-25(22-38)29(39)35(3)21-23-9-11-24(12-10-23)26-19-33-34-20-26/h4,7-12,18-20,25H,5-6,13-17,21-22H2,1-3H3,(H,33,34)(H,41,42)/t25-/m1/s1. The Hall–Kier alpha value is -4.54. The van der Waals surface area contributed by atoms with Gasteiger partial charge in [-0.05, 0) is 49.9 Å². The Morgan fingerprint density at radius 2 is 1.74 bits per heavy atom. The number of amides is 3. The van der Waals surface area contributed by atoms with Crippen molar-refractivity contribution in [2.45, 2.75) is 38.8 Å². The van der Waals surface area contributed by atoms with E-state index in [0.717, 1.165) is 41.8 Å². The highest BCUT2D eigenvalue weighted by Crippen LogP contribution is 2.30. The number of carbonyl (C=O) groups excluding carboxylic acids is 2. The van der Waals surface area contributed by atoms with Crippen molar-refractivity contribution in [3.8, 4) is 16.9 Å². The van der Waals surface area contributed by atoms with E-state index in [-0.39, 0.29) is 30.8 Å². The van der Waals surface area contributed by atoms with Crippen LogP contribution in [-0.2, 0) is 16.1 Å². The first-order valence-electron chi connectivity index (χ1n) is 14.7. The number of H-pyrrole nitrogens is 1. The van der Waals surface area contributed by atoms with Crippen LogP contribution in [0.15, 0.2) is 60.9 Å². The van der Waals surface area contributed by atoms with Gasteiger partial charge in [0.25, 0.3) is 5.91 Å². The van der Waals surface area contributed by atoms with Crippen LogP contribution in [0.5, 0.6) is 5.75 Å². The maximum atomic E-state index is 13.5. The van der Waals surface area contributed by atoms with Gasteiger partial charge >= 0.3 is 6.09 Å². The van der Waals surface area contributed by atoms with Crippen LogP contribution in [0.2, 0.25) is 0 Å². The molecule has 0 bridgehead atoms. The number of carboxylic acid groups (broad SMARTS) is 1. The molecule has 0 unspecified atom stereocenters. The second kappa shape index (κ2) is 12.8. The Bertz CT molecular complexity index is 1420. The van der Waals surface area contributed by atoms with E-state index in [2.05, 4.69) is 15.1 Å². The highest BCUT2D eigenvalue weighted by atomic mass is 16.5. The first-order chi connectivity index (χ1) is 20.6. The summed E-state index contributed by atoms with van der Waals surface area (Å²) < 4.78 is 6.21. The van der Waals surface area contributed by atoms with Crippen LogP contribution in [0.4, 0.5) is 10.5 Å². The zero-order chi connectivity index (χ0) is 30.6. The molecule has 43 heavy (non-hydrogen) atoms. The number of aromatic amines is 1. The molecule has 2 N–H and O–H groups in total. The molecule has 0 spiro atoms. The van der Waals surface area contributed by atoms with Gasteiger partial charge in [-0.1, -0.05) is 30.3 Å². The van der Waals surface area contributed by atoms with Crippen molar-refractivity contribution in [2.75, 3.05) is 51.2 Å². The topological polar surface area (TPSA) is 122 Å². The molecule has 1 aromatic heterocycles. The molecule has 2 aliphatic rings. The van der Waals surface area contributed by atoms with Crippen LogP contribution in [0, 0.1) is 5.92 Å². The number of piperidine rings is 1. The molecule has 0 radical (unpaired) electrons. The van der Waals surface area contributed by atoms with Crippen LogP contribution in [-0.4, -0.2) is 99.8 Å². The Balaban J connectivity index is 1.17. The fourth-order valence-electron chi connectivity index (χ4n) is 5.85. The predicted molar refractivity (Wildman–Crippen MR) is 163 cm³/mol. The van der Waals surface area contributed by atoms with Crippen molar-refractivity contribution in [3.63, 3.8) is 0 Å². The van der Waals surface area contributed by atoms with E-state index in [1.54, 1.807) is 24.9 Å². The number of hydrogen-bond acceptors (Lipinski definition) is 6. The van der Waals surface area contributed by atoms with Crippen molar-refractivity contribution in [1.29, 1.82) is 0 Å². The lowest BCUT2D eigenvalue weighted by Gasteiger charge is -2.38. The van der Waals surface area contributed by atoms with Crippen LogP contribution in [0.1, 0.15) is 32.3 Å². The van der Waals surface area contributed by atoms with Crippen molar-refractivity contribution in [3.05, 3.63) is 66.5 Å². The van der Waals surface area contributed by atoms with E-state index >= 15 is 0 Å². The second-order valence-corrected chi connectivity index (χ2v) is 11.8. The molecule has 1 atom stereocenters. The first kappa shape index (κ1) is 29.9. The van der Waals surface area contributed by atoms with Gasteiger partial charge in [0.15, 0.2) is 5.60 Å². The number of carbonyl (C=O) groups is 3. The molecular weight excluding hydrogens is 548 g/mol. The summed E-state index contributed by atoms with van der Waals surface area (Å²) in [4.78, 5) is 44.9. The van der Waals surface area contributed by atoms with Gasteiger partial charge in [-0.15, -0.1) is 0 Å². The Morgan fingerprint density at radius 3 is 2.42 bits per heavy atom. The number of aromatic nitrogens is 2. The van der Waals surface area contributed by atoms with Crippen molar-refractivity contribution in [2.24, 2.45) is 5.92 Å². The third-order valence-electron chi connectivity index (χ3n) is 8.26. The summed E-state index contributed by atoms with van der Waals surface area (Å²) in [6, 6.07) is 15.9. The normalized spacial score (nSPS) is 17.5. The summed E-state index contributed by atoms with van der Waals surface area (Å²) in [6.07, 6.45) is 4.42. The molecule has 2 fully saturated rings. The lowest BCUT2D eigenvalue weighted by atomic mass is 9.95. The average molecular weight is 589 g/mol. The van der Waals surface area contributed by atoms with Crippen LogP contribution >= 0.6 is 0 Å². The third-order valence-corrected chi connectivity index (χ3v) is 8.26. The van der Waals surface area contributed by atoms with E-state index in [0.29, 0.717) is 31.9 Å². The lowest BCUT2D eigenvalue weighted by Crippen LogP contribution is -2.56. The van der Waals surface area contributed by atoms with Gasteiger partial charge in [0.1, 0.15) is 5.75 Å². The lowest BCUT2D eigenvalue weighted by molar-refractivity contribution is -0.147. The molecule has 0 saturated carbocycles. The molecule has 11 heteroatoms. The van der Waals surface area contributed by atoms with Crippen molar-refractivity contribution in [1.82, 2.24) is 24.9 Å². The molecule has 5 rings (SSSR count). The monoisotopic (exact) mass is 588 g/mol. The number of anilines is 1. The average Bonchev–Trinajstić information content (AvgIpc) is 3.56. The summed E-state index contributed by atoms with van der Waals surface area (Å²) in [6.45, 7) is 6.72.